The molecule has 0 amide bonds. The molecule has 2 heterocycles. The first kappa shape index (κ1) is 11.7. The normalized spacial score (nSPS) is 17.3. The summed E-state index contributed by atoms with van der Waals surface area (Å²) in [5, 5.41) is 1.24. The van der Waals surface area contributed by atoms with E-state index >= 15 is 0 Å². The molecular formula is C15H18N2S. The second-order valence-corrected chi connectivity index (χ2v) is 5.61. The van der Waals surface area contributed by atoms with Crippen LogP contribution < -0.4 is 0 Å². The molecule has 3 heteroatoms. The van der Waals surface area contributed by atoms with E-state index in [2.05, 4.69) is 35.0 Å². The molecule has 1 aliphatic rings. The van der Waals surface area contributed by atoms with Gasteiger partial charge in [-0.2, -0.15) is 0 Å². The molecule has 0 saturated carbocycles. The average molecular weight is 258 g/mol. The van der Waals surface area contributed by atoms with Crippen LogP contribution in [0.2, 0.25) is 0 Å². The third-order valence-electron chi connectivity index (χ3n) is 3.89. The van der Waals surface area contributed by atoms with E-state index in [0.717, 1.165) is 24.0 Å². The Balaban J connectivity index is 1.88. The van der Waals surface area contributed by atoms with Gasteiger partial charge >= 0.3 is 0 Å². The summed E-state index contributed by atoms with van der Waals surface area (Å²) in [5.41, 5.74) is 2.34. The van der Waals surface area contributed by atoms with Crippen LogP contribution in [0.15, 0.2) is 30.5 Å². The second kappa shape index (κ2) is 4.73. The molecule has 94 valence electrons. The van der Waals surface area contributed by atoms with Gasteiger partial charge in [-0.3, -0.25) is 0 Å². The van der Waals surface area contributed by atoms with Gasteiger partial charge in [-0.15, -0.1) is 0 Å². The van der Waals surface area contributed by atoms with Gasteiger partial charge in [0.2, 0.25) is 0 Å². The smallest absolute Gasteiger partial charge is 0.111 e. The van der Waals surface area contributed by atoms with Gasteiger partial charge in [0, 0.05) is 35.8 Å². The molecule has 1 aromatic heterocycles. The molecule has 1 N–H and O–H groups in total. The number of H-pyrrole nitrogens is 1. The summed E-state index contributed by atoms with van der Waals surface area (Å²) < 4.78 is 0. The van der Waals surface area contributed by atoms with Crippen LogP contribution in [0.5, 0.6) is 0 Å². The highest BCUT2D eigenvalue weighted by Crippen LogP contribution is 2.23. The Morgan fingerprint density at radius 3 is 2.78 bits per heavy atom. The zero-order chi connectivity index (χ0) is 12.5. The maximum atomic E-state index is 5.67. The number of para-hydroxylation sites is 1. The highest BCUT2D eigenvalue weighted by molar-refractivity contribution is 7.80. The van der Waals surface area contributed by atoms with Crippen molar-refractivity contribution < 1.29 is 0 Å². The molecule has 2 aromatic rings. The number of thiocarbonyl (C=S) groups is 1. The maximum absolute atomic E-state index is 5.67. The SMILES string of the molecule is CC1CCN(C(=S)c2c[nH]c3ccccc23)CC1. The molecule has 0 radical (unpaired) electrons. The number of piperidine rings is 1. The minimum Gasteiger partial charge on any atom is -0.362 e. The Morgan fingerprint density at radius 1 is 1.28 bits per heavy atom. The predicted molar refractivity (Wildman–Crippen MR) is 80.0 cm³/mol. The minimum atomic E-state index is 0.840. The molecule has 0 unspecified atom stereocenters. The number of aromatic amines is 1. The summed E-state index contributed by atoms with van der Waals surface area (Å²) in [4.78, 5) is 6.65. The third kappa shape index (κ3) is 2.03. The molecule has 0 aliphatic carbocycles. The predicted octanol–water partition coefficient (Wildman–Crippen LogP) is 3.58. The first-order chi connectivity index (χ1) is 8.75. The van der Waals surface area contributed by atoms with E-state index in [4.69, 9.17) is 12.2 Å². The van der Waals surface area contributed by atoms with E-state index in [-0.39, 0.29) is 0 Å². The summed E-state index contributed by atoms with van der Waals surface area (Å²) in [6, 6.07) is 8.36. The Morgan fingerprint density at radius 2 is 2.00 bits per heavy atom. The molecule has 18 heavy (non-hydrogen) atoms. The van der Waals surface area contributed by atoms with Gasteiger partial charge in [-0.25, -0.2) is 0 Å². The van der Waals surface area contributed by atoms with Gasteiger partial charge in [0.15, 0.2) is 0 Å². The van der Waals surface area contributed by atoms with E-state index in [1.165, 1.54) is 29.3 Å². The lowest BCUT2D eigenvalue weighted by atomic mass is 9.99. The molecule has 2 nitrogen and oxygen atoms in total. The van der Waals surface area contributed by atoms with Crippen LogP contribution in [0.1, 0.15) is 25.3 Å². The fraction of sp³-hybridized carbons (Fsp3) is 0.400. The Kier molecular flexibility index (Phi) is 3.08. The standard InChI is InChI=1S/C15H18N2S/c1-11-6-8-17(9-7-11)15(18)13-10-16-14-5-3-2-4-12(13)14/h2-5,10-11,16H,6-9H2,1H3. The van der Waals surface area contributed by atoms with Gasteiger partial charge in [0.25, 0.3) is 0 Å². The molecule has 1 aliphatic heterocycles. The highest BCUT2D eigenvalue weighted by atomic mass is 32.1. The van der Waals surface area contributed by atoms with Gasteiger partial charge in [-0.1, -0.05) is 37.3 Å². The summed E-state index contributed by atoms with van der Waals surface area (Å²) in [7, 11) is 0. The van der Waals surface area contributed by atoms with Crippen LogP contribution in [-0.2, 0) is 0 Å². The first-order valence-corrected chi connectivity index (χ1v) is 7.02. The second-order valence-electron chi connectivity index (χ2n) is 5.22. The zero-order valence-corrected chi connectivity index (χ0v) is 11.5. The van der Waals surface area contributed by atoms with Crippen LogP contribution in [0.3, 0.4) is 0 Å². The number of rotatable bonds is 1. The van der Waals surface area contributed by atoms with Crippen LogP contribution in [0.4, 0.5) is 0 Å². The van der Waals surface area contributed by atoms with Crippen molar-refractivity contribution in [1.29, 1.82) is 0 Å². The monoisotopic (exact) mass is 258 g/mol. The molecule has 0 atom stereocenters. The fourth-order valence-electron chi connectivity index (χ4n) is 2.63. The van der Waals surface area contributed by atoms with Crippen molar-refractivity contribution in [3.05, 3.63) is 36.0 Å². The summed E-state index contributed by atoms with van der Waals surface area (Å²) in [5.74, 6) is 0.840. The lowest BCUT2D eigenvalue weighted by Gasteiger charge is -2.32. The van der Waals surface area contributed by atoms with Crippen LogP contribution in [-0.4, -0.2) is 28.0 Å². The lowest BCUT2D eigenvalue weighted by molar-refractivity contribution is 0.284. The van der Waals surface area contributed by atoms with Crippen LogP contribution >= 0.6 is 12.2 Å². The van der Waals surface area contributed by atoms with Crippen molar-refractivity contribution in [2.75, 3.05) is 13.1 Å². The lowest BCUT2D eigenvalue weighted by Crippen LogP contribution is -2.37. The summed E-state index contributed by atoms with van der Waals surface area (Å²) in [6.07, 6.45) is 4.55. The molecule has 0 spiro atoms. The quantitative estimate of drug-likeness (QED) is 0.788. The zero-order valence-electron chi connectivity index (χ0n) is 10.6. The van der Waals surface area contributed by atoms with E-state index in [9.17, 15) is 0 Å². The van der Waals surface area contributed by atoms with Crippen molar-refractivity contribution in [2.45, 2.75) is 19.8 Å². The van der Waals surface area contributed by atoms with E-state index < -0.39 is 0 Å². The number of benzene rings is 1. The first-order valence-electron chi connectivity index (χ1n) is 6.61. The number of hydrogen-bond donors (Lipinski definition) is 1. The largest absolute Gasteiger partial charge is 0.362 e. The van der Waals surface area contributed by atoms with Crippen molar-refractivity contribution in [3.63, 3.8) is 0 Å². The molecule has 1 saturated heterocycles. The third-order valence-corrected chi connectivity index (χ3v) is 4.37. The maximum Gasteiger partial charge on any atom is 0.111 e. The Labute approximate surface area is 113 Å². The molecular weight excluding hydrogens is 240 g/mol. The summed E-state index contributed by atoms with van der Waals surface area (Å²) in [6.45, 7) is 4.52. The van der Waals surface area contributed by atoms with E-state index in [1.54, 1.807) is 0 Å². The molecule has 1 fully saturated rings. The number of nitrogens with zero attached hydrogens (tertiary/aromatic N) is 1. The number of fused-ring (bicyclic) bond motifs is 1. The number of nitrogens with one attached hydrogen (secondary N) is 1. The number of hydrogen-bond acceptors (Lipinski definition) is 1. The topological polar surface area (TPSA) is 19.0 Å². The van der Waals surface area contributed by atoms with Crippen LogP contribution in [0.25, 0.3) is 10.9 Å². The molecule has 0 bridgehead atoms. The molecule has 3 rings (SSSR count). The van der Waals surface area contributed by atoms with Gasteiger partial charge < -0.3 is 9.88 Å². The van der Waals surface area contributed by atoms with Crippen molar-refractivity contribution >= 4 is 28.1 Å². The van der Waals surface area contributed by atoms with Crippen molar-refractivity contribution in [2.24, 2.45) is 5.92 Å². The van der Waals surface area contributed by atoms with Crippen LogP contribution in [0, 0.1) is 5.92 Å². The van der Waals surface area contributed by atoms with Gasteiger partial charge in [-0.05, 0) is 24.8 Å². The van der Waals surface area contributed by atoms with E-state index in [1.807, 2.05) is 12.3 Å². The number of aromatic nitrogens is 1. The van der Waals surface area contributed by atoms with Gasteiger partial charge in [0.05, 0.1) is 0 Å². The fourth-order valence-corrected chi connectivity index (χ4v) is 2.98. The van der Waals surface area contributed by atoms with Crippen molar-refractivity contribution in [1.82, 2.24) is 9.88 Å². The average Bonchev–Trinajstić information content (AvgIpc) is 2.82. The number of likely N-dealkylation sites (tertiary alicyclic amines) is 1. The molecule has 1 aromatic carbocycles. The van der Waals surface area contributed by atoms with Gasteiger partial charge in [0.1, 0.15) is 4.99 Å². The highest BCUT2D eigenvalue weighted by Gasteiger charge is 2.20. The minimum absolute atomic E-state index is 0.840. The van der Waals surface area contributed by atoms with E-state index in [0.29, 0.717) is 0 Å². The Hall–Kier alpha value is -1.35. The van der Waals surface area contributed by atoms with Crippen molar-refractivity contribution in [3.8, 4) is 0 Å². The Bertz CT molecular complexity index is 565. The summed E-state index contributed by atoms with van der Waals surface area (Å²) >= 11 is 5.67.